The average Bonchev–Trinajstić information content (AvgIpc) is 3.53. The van der Waals surface area contributed by atoms with E-state index in [1.807, 2.05) is 0 Å². The Morgan fingerprint density at radius 3 is 3.03 bits per heavy atom. The van der Waals surface area contributed by atoms with Crippen molar-refractivity contribution in [1.29, 1.82) is 0 Å². The van der Waals surface area contributed by atoms with Crippen molar-refractivity contribution in [2.75, 3.05) is 36.9 Å². The first-order chi connectivity index (χ1) is 16.8. The van der Waals surface area contributed by atoms with Gasteiger partial charge < -0.3 is 26.4 Å². The van der Waals surface area contributed by atoms with E-state index >= 15 is 0 Å². The van der Waals surface area contributed by atoms with Crippen LogP contribution in [0.1, 0.15) is 39.5 Å². The fourth-order valence-corrected chi connectivity index (χ4v) is 6.66. The van der Waals surface area contributed by atoms with E-state index < -0.39 is 5.82 Å². The monoisotopic (exact) mass is 496 g/mol. The van der Waals surface area contributed by atoms with Crippen molar-refractivity contribution < 1.29 is 13.9 Å². The molecule has 5 N–H and O–H groups in total. The van der Waals surface area contributed by atoms with Crippen molar-refractivity contribution in [3.8, 4) is 0 Å². The quantitative estimate of drug-likeness (QED) is 0.510. The van der Waals surface area contributed by atoms with Gasteiger partial charge in [0.1, 0.15) is 21.3 Å². The van der Waals surface area contributed by atoms with E-state index in [2.05, 4.69) is 27.3 Å². The first-order valence-corrected chi connectivity index (χ1v) is 12.9. The van der Waals surface area contributed by atoms with Crippen LogP contribution < -0.4 is 21.7 Å². The summed E-state index contributed by atoms with van der Waals surface area (Å²) in [5.74, 6) is 0.308. The molecule has 1 amide bonds. The maximum absolute atomic E-state index is 13.9. The molecule has 0 saturated carbocycles. The first-order valence-electron chi connectivity index (χ1n) is 12.1. The number of hydrogen-bond acceptors (Lipinski definition) is 8. The maximum atomic E-state index is 13.9. The van der Waals surface area contributed by atoms with Crippen LogP contribution in [0.15, 0.2) is 18.2 Å². The highest BCUT2D eigenvalue weighted by molar-refractivity contribution is 7.21. The number of thiophene rings is 1. The number of nitrogen functional groups attached to an aromatic ring is 1. The number of nitrogens with two attached hydrogens (primary N) is 2. The molecule has 0 radical (unpaired) electrons. The molecule has 2 saturated heterocycles. The number of fused-ring (bicyclic) bond motifs is 2. The third kappa shape index (κ3) is 3.84. The second-order valence-corrected chi connectivity index (χ2v) is 11.1. The zero-order valence-electron chi connectivity index (χ0n) is 19.6. The number of nitrogens with zero attached hydrogens (tertiary/aromatic N) is 3. The summed E-state index contributed by atoms with van der Waals surface area (Å²) in [7, 11) is 0. The van der Waals surface area contributed by atoms with Gasteiger partial charge in [-0.15, -0.1) is 11.3 Å². The first kappa shape index (κ1) is 22.6. The van der Waals surface area contributed by atoms with Crippen LogP contribution in [0.5, 0.6) is 0 Å². The number of hydrogen-bond donors (Lipinski definition) is 3. The molecule has 184 valence electrons. The molecule has 8 nitrogen and oxygen atoms in total. The average molecular weight is 497 g/mol. The van der Waals surface area contributed by atoms with Gasteiger partial charge in [0, 0.05) is 48.3 Å². The van der Waals surface area contributed by atoms with Gasteiger partial charge in [-0.3, -0.25) is 4.79 Å². The number of anilines is 2. The van der Waals surface area contributed by atoms with Crippen LogP contribution in [-0.2, 0) is 17.6 Å². The molecule has 0 aromatic carbocycles. The Hall–Kier alpha value is -2.82. The third-order valence-electron chi connectivity index (χ3n) is 7.81. The van der Waals surface area contributed by atoms with Crippen LogP contribution >= 0.6 is 11.3 Å². The third-order valence-corrected chi connectivity index (χ3v) is 8.92. The van der Waals surface area contributed by atoms with Gasteiger partial charge in [0.05, 0.1) is 18.0 Å². The second-order valence-electron chi connectivity index (χ2n) is 10.1. The predicted molar refractivity (Wildman–Crippen MR) is 134 cm³/mol. The van der Waals surface area contributed by atoms with E-state index in [9.17, 15) is 9.18 Å². The summed E-state index contributed by atoms with van der Waals surface area (Å²) in [6, 6.07) is 5.63. The minimum absolute atomic E-state index is 0.0159. The normalized spacial score (nSPS) is 26.0. The molecule has 1 aliphatic carbocycles. The highest BCUT2D eigenvalue weighted by atomic mass is 32.1. The van der Waals surface area contributed by atoms with Gasteiger partial charge in [-0.05, 0) is 50.3 Å². The SMILES string of the molecule is Cc1nc2sc(C(=O)NC3CCc4nc(N5CC(N)C6(CCOC6)C5)ccc4C3)c(N)c2cc1F. The Morgan fingerprint density at radius 2 is 2.23 bits per heavy atom. The van der Waals surface area contributed by atoms with E-state index in [1.54, 1.807) is 6.92 Å². The molecule has 35 heavy (non-hydrogen) atoms. The van der Waals surface area contributed by atoms with E-state index in [0.29, 0.717) is 27.2 Å². The number of aromatic nitrogens is 2. The minimum atomic E-state index is -0.424. The Morgan fingerprint density at radius 1 is 1.37 bits per heavy atom. The van der Waals surface area contributed by atoms with Gasteiger partial charge in [0.2, 0.25) is 0 Å². The molecule has 1 spiro atoms. The summed E-state index contributed by atoms with van der Waals surface area (Å²) in [4.78, 5) is 25.5. The number of carbonyl (C=O) groups is 1. The van der Waals surface area contributed by atoms with Crippen molar-refractivity contribution >= 4 is 39.0 Å². The summed E-state index contributed by atoms with van der Waals surface area (Å²) in [6.07, 6.45) is 3.30. The number of amides is 1. The van der Waals surface area contributed by atoms with Crippen LogP contribution in [-0.4, -0.2) is 54.3 Å². The smallest absolute Gasteiger partial charge is 0.263 e. The second kappa shape index (κ2) is 8.39. The van der Waals surface area contributed by atoms with E-state index in [0.717, 1.165) is 62.6 Å². The Balaban J connectivity index is 1.15. The van der Waals surface area contributed by atoms with Crippen LogP contribution in [0.2, 0.25) is 0 Å². The molecular formula is C25H29FN6O2S. The predicted octanol–water partition coefficient (Wildman–Crippen LogP) is 2.56. The summed E-state index contributed by atoms with van der Waals surface area (Å²) in [5.41, 5.74) is 15.5. The molecule has 3 atom stereocenters. The summed E-state index contributed by atoms with van der Waals surface area (Å²) in [5, 5.41) is 3.60. The Kier molecular flexibility index (Phi) is 5.43. The molecule has 10 heteroatoms. The zero-order valence-corrected chi connectivity index (χ0v) is 20.5. The molecule has 3 aromatic heterocycles. The molecule has 0 bridgehead atoms. The van der Waals surface area contributed by atoms with Crippen LogP contribution in [0.3, 0.4) is 0 Å². The lowest BCUT2D eigenvalue weighted by Gasteiger charge is -2.27. The van der Waals surface area contributed by atoms with Crippen LogP contribution in [0.4, 0.5) is 15.9 Å². The highest BCUT2D eigenvalue weighted by Gasteiger charge is 2.47. The van der Waals surface area contributed by atoms with Gasteiger partial charge in [0.25, 0.3) is 5.91 Å². The van der Waals surface area contributed by atoms with Crippen molar-refractivity contribution in [3.05, 3.63) is 45.8 Å². The van der Waals surface area contributed by atoms with Crippen molar-refractivity contribution in [2.24, 2.45) is 11.1 Å². The summed E-state index contributed by atoms with van der Waals surface area (Å²) < 4.78 is 19.6. The Labute approximate surface area is 206 Å². The lowest BCUT2D eigenvalue weighted by molar-refractivity contribution is 0.0938. The van der Waals surface area contributed by atoms with Crippen LogP contribution in [0, 0.1) is 18.2 Å². The lowest BCUT2D eigenvalue weighted by atomic mass is 9.83. The highest BCUT2D eigenvalue weighted by Crippen LogP contribution is 2.39. The van der Waals surface area contributed by atoms with Crippen molar-refractivity contribution in [1.82, 2.24) is 15.3 Å². The van der Waals surface area contributed by atoms with Gasteiger partial charge in [-0.25, -0.2) is 14.4 Å². The van der Waals surface area contributed by atoms with Crippen molar-refractivity contribution in [2.45, 2.75) is 44.7 Å². The number of halogens is 1. The summed E-state index contributed by atoms with van der Waals surface area (Å²) >= 11 is 1.20. The number of carbonyl (C=O) groups excluding carboxylic acids is 1. The number of pyridine rings is 2. The van der Waals surface area contributed by atoms with E-state index in [-0.39, 0.29) is 29.1 Å². The molecule has 2 fully saturated rings. The van der Waals surface area contributed by atoms with E-state index in [1.165, 1.54) is 17.4 Å². The Bertz CT molecular complexity index is 1320. The number of aryl methyl sites for hydroxylation is 2. The fourth-order valence-electron chi connectivity index (χ4n) is 5.63. The van der Waals surface area contributed by atoms with Gasteiger partial charge in [-0.2, -0.15) is 0 Å². The molecule has 3 aromatic rings. The van der Waals surface area contributed by atoms with Crippen molar-refractivity contribution in [3.63, 3.8) is 0 Å². The molecule has 3 unspecified atom stereocenters. The standard InChI is InChI=1S/C25H29FN6O2S/c1-13-17(26)9-16-21(28)22(35-24(16)29-13)23(33)30-15-3-4-18-14(8-15)2-5-20(31-18)32-10-19(27)25(11-32)6-7-34-12-25/h2,5,9,15,19H,3-4,6-8,10-12,27-28H2,1H3,(H,30,33). The van der Waals surface area contributed by atoms with E-state index in [4.69, 9.17) is 21.2 Å². The molecule has 2 aliphatic heterocycles. The molecule has 6 rings (SSSR count). The minimum Gasteiger partial charge on any atom is -0.397 e. The fraction of sp³-hybridized carbons (Fsp3) is 0.480. The molecule has 5 heterocycles. The largest absolute Gasteiger partial charge is 0.397 e. The zero-order chi connectivity index (χ0) is 24.3. The molecular weight excluding hydrogens is 467 g/mol. The number of nitrogens with one attached hydrogen (secondary N) is 1. The van der Waals surface area contributed by atoms with Crippen LogP contribution in [0.25, 0.3) is 10.2 Å². The number of ether oxygens (including phenoxy) is 1. The topological polar surface area (TPSA) is 119 Å². The van der Waals surface area contributed by atoms with Gasteiger partial charge >= 0.3 is 0 Å². The summed E-state index contributed by atoms with van der Waals surface area (Å²) in [6.45, 7) is 4.79. The lowest BCUT2D eigenvalue weighted by Crippen LogP contribution is -2.40. The van der Waals surface area contributed by atoms with Gasteiger partial charge in [0.15, 0.2) is 0 Å². The number of rotatable bonds is 3. The van der Waals surface area contributed by atoms with Gasteiger partial charge in [-0.1, -0.05) is 6.07 Å². The maximum Gasteiger partial charge on any atom is 0.263 e. The molecule has 3 aliphatic rings.